The third-order valence-corrected chi connectivity index (χ3v) is 15.9. The average molecular weight is 565 g/mol. The third-order valence-electron chi connectivity index (χ3n) is 9.10. The molecule has 0 bridgehead atoms. The standard InChI is InChI=1S/C37H36Si3/c1-25-13-11-14-26(21-25)33-23-31-35(38-33)36-32(24-34(39-36)27-15-12-20-30(22-27)40(2,3)4)37(31,28-16-7-5-8-17-28)29-18-9-6-10-19-29/h5-24H,38-39H2,1-4H3. The Hall–Kier alpha value is -3.51. The van der Waals surface area contributed by atoms with Crippen LogP contribution in [-0.4, -0.2) is 27.1 Å². The molecule has 0 fully saturated rings. The number of rotatable bonds is 5. The Balaban J connectivity index is 1.44. The summed E-state index contributed by atoms with van der Waals surface area (Å²) < 4.78 is 0. The third kappa shape index (κ3) is 3.99. The summed E-state index contributed by atoms with van der Waals surface area (Å²) in [5.41, 5.74) is 9.93. The molecule has 0 atom stereocenters. The number of hydrogen-bond donors (Lipinski definition) is 0. The van der Waals surface area contributed by atoms with E-state index in [-0.39, 0.29) is 5.41 Å². The normalized spacial score (nSPS) is 18.8. The van der Waals surface area contributed by atoms with E-state index in [2.05, 4.69) is 148 Å². The van der Waals surface area contributed by atoms with E-state index in [0.29, 0.717) is 0 Å². The van der Waals surface area contributed by atoms with Crippen molar-refractivity contribution < 1.29 is 0 Å². The number of allylic oxidation sites excluding steroid dienone is 6. The van der Waals surface area contributed by atoms with Crippen LogP contribution in [0.5, 0.6) is 0 Å². The summed E-state index contributed by atoms with van der Waals surface area (Å²) in [6, 6.07) is 41.4. The zero-order chi connectivity index (χ0) is 27.5. The predicted octanol–water partition coefficient (Wildman–Crippen LogP) is 6.80. The summed E-state index contributed by atoms with van der Waals surface area (Å²) in [4.78, 5) is 0. The molecular formula is C37H36Si3. The van der Waals surface area contributed by atoms with Gasteiger partial charge in [-0.25, -0.2) is 0 Å². The van der Waals surface area contributed by atoms with E-state index in [9.17, 15) is 0 Å². The second kappa shape index (κ2) is 9.55. The quantitative estimate of drug-likeness (QED) is 0.234. The molecule has 2 heterocycles. The van der Waals surface area contributed by atoms with Crippen molar-refractivity contribution >= 4 is 42.7 Å². The minimum absolute atomic E-state index is 0.239. The van der Waals surface area contributed by atoms with Crippen molar-refractivity contribution in [2.45, 2.75) is 32.0 Å². The SMILES string of the molecule is Cc1cccc(C2=CC3=C([SiH2]2)C2=C(C=C(c4cccc([Si](C)(C)C)c4)[SiH2]2)C3(c2ccccc2)c2ccccc2)c1. The Morgan fingerprint density at radius 1 is 0.550 bits per heavy atom. The zero-order valence-corrected chi connectivity index (χ0v) is 27.8. The number of benzene rings is 4. The number of aryl methyl sites for hydroxylation is 1. The van der Waals surface area contributed by atoms with Crippen LogP contribution in [0.25, 0.3) is 10.4 Å². The lowest BCUT2D eigenvalue weighted by atomic mass is 9.66. The molecule has 0 radical (unpaired) electrons. The van der Waals surface area contributed by atoms with Crippen molar-refractivity contribution in [3.63, 3.8) is 0 Å². The van der Waals surface area contributed by atoms with E-state index in [1.54, 1.807) is 37.1 Å². The van der Waals surface area contributed by atoms with Crippen LogP contribution >= 0.6 is 0 Å². The van der Waals surface area contributed by atoms with Crippen molar-refractivity contribution in [1.29, 1.82) is 0 Å². The molecule has 0 saturated heterocycles. The lowest BCUT2D eigenvalue weighted by molar-refractivity contribution is 0.759. The Bertz CT molecular complexity index is 1720. The molecule has 1 aliphatic carbocycles. The first-order valence-corrected chi connectivity index (χ1v) is 20.9. The minimum Gasteiger partial charge on any atom is -0.0656 e. The van der Waals surface area contributed by atoms with Crippen LogP contribution in [0, 0.1) is 6.92 Å². The number of fused-ring (bicyclic) bond motifs is 1. The van der Waals surface area contributed by atoms with Crippen molar-refractivity contribution in [1.82, 2.24) is 0 Å². The Kier molecular flexibility index (Phi) is 6.08. The monoisotopic (exact) mass is 564 g/mol. The van der Waals surface area contributed by atoms with E-state index in [4.69, 9.17) is 0 Å². The Labute approximate surface area is 244 Å². The van der Waals surface area contributed by atoms with Gasteiger partial charge < -0.3 is 0 Å². The molecule has 7 rings (SSSR count). The summed E-state index contributed by atoms with van der Waals surface area (Å²) >= 11 is 0. The van der Waals surface area contributed by atoms with Gasteiger partial charge in [-0.3, -0.25) is 0 Å². The van der Waals surface area contributed by atoms with E-state index in [0.717, 1.165) is 0 Å². The summed E-state index contributed by atoms with van der Waals surface area (Å²) in [6.45, 7) is 9.59. The topological polar surface area (TPSA) is 0 Å². The van der Waals surface area contributed by atoms with Crippen LogP contribution in [0.4, 0.5) is 0 Å². The fourth-order valence-corrected chi connectivity index (χ4v) is 13.2. The highest BCUT2D eigenvalue weighted by Gasteiger charge is 2.50. The van der Waals surface area contributed by atoms with E-state index < -0.39 is 27.1 Å². The van der Waals surface area contributed by atoms with Gasteiger partial charge in [-0.05, 0) is 40.3 Å². The molecule has 0 N–H and O–H groups in total. The summed E-state index contributed by atoms with van der Waals surface area (Å²) in [5, 5.41) is 8.24. The molecule has 0 amide bonds. The largest absolute Gasteiger partial charge is 0.0885 e. The Morgan fingerprint density at radius 3 is 1.55 bits per heavy atom. The van der Waals surface area contributed by atoms with E-state index in [1.807, 2.05) is 0 Å². The van der Waals surface area contributed by atoms with Crippen LogP contribution in [0.2, 0.25) is 19.6 Å². The van der Waals surface area contributed by atoms with Gasteiger partial charge in [-0.2, -0.15) is 0 Å². The van der Waals surface area contributed by atoms with E-state index >= 15 is 0 Å². The molecule has 4 aromatic carbocycles. The van der Waals surface area contributed by atoms with Crippen molar-refractivity contribution in [2.24, 2.45) is 0 Å². The van der Waals surface area contributed by atoms with Gasteiger partial charge in [0.05, 0.1) is 32.5 Å². The van der Waals surface area contributed by atoms with Crippen molar-refractivity contribution in [3.05, 3.63) is 171 Å². The fourth-order valence-electron chi connectivity index (χ4n) is 7.11. The molecule has 0 unspecified atom stereocenters. The molecule has 0 nitrogen and oxygen atoms in total. The van der Waals surface area contributed by atoms with Gasteiger partial charge >= 0.3 is 0 Å². The summed E-state index contributed by atoms with van der Waals surface area (Å²) in [6.07, 6.45) is 5.25. The maximum absolute atomic E-state index is 2.64. The van der Waals surface area contributed by atoms with Gasteiger partial charge in [-0.15, -0.1) is 0 Å². The van der Waals surface area contributed by atoms with Gasteiger partial charge in [-0.1, -0.05) is 173 Å². The second-order valence-corrected chi connectivity index (χ2v) is 21.4. The predicted molar refractivity (Wildman–Crippen MR) is 181 cm³/mol. The molecule has 3 heteroatoms. The van der Waals surface area contributed by atoms with Crippen LogP contribution in [0.15, 0.2) is 143 Å². The maximum atomic E-state index is 2.64. The van der Waals surface area contributed by atoms with Crippen LogP contribution in [0.1, 0.15) is 27.8 Å². The average Bonchev–Trinajstić information content (AvgIpc) is 3.65. The first kappa shape index (κ1) is 25.5. The molecule has 2 aliphatic heterocycles. The summed E-state index contributed by atoms with van der Waals surface area (Å²) in [7, 11) is -2.60. The minimum atomic E-state index is -1.39. The molecule has 4 aromatic rings. The van der Waals surface area contributed by atoms with Crippen LogP contribution < -0.4 is 5.19 Å². The molecule has 0 saturated carbocycles. The molecule has 3 aliphatic rings. The van der Waals surface area contributed by atoms with E-state index in [1.165, 1.54) is 27.8 Å². The fraction of sp³-hybridized carbons (Fsp3) is 0.135. The lowest BCUT2D eigenvalue weighted by Crippen LogP contribution is -2.37. The molecule has 0 spiro atoms. The first-order valence-electron chi connectivity index (χ1n) is 14.5. The van der Waals surface area contributed by atoms with Gasteiger partial charge in [0, 0.05) is 0 Å². The van der Waals surface area contributed by atoms with Gasteiger partial charge in [0.2, 0.25) is 0 Å². The molecule has 196 valence electrons. The van der Waals surface area contributed by atoms with Crippen molar-refractivity contribution in [3.8, 4) is 0 Å². The maximum Gasteiger partial charge on any atom is 0.0885 e. The van der Waals surface area contributed by atoms with Gasteiger partial charge in [0.15, 0.2) is 0 Å². The zero-order valence-electron chi connectivity index (χ0n) is 24.0. The lowest BCUT2D eigenvalue weighted by Gasteiger charge is -2.35. The number of hydrogen-bond acceptors (Lipinski definition) is 0. The summed E-state index contributed by atoms with van der Waals surface area (Å²) in [5.74, 6) is 0. The first-order chi connectivity index (χ1) is 19.4. The van der Waals surface area contributed by atoms with Crippen LogP contribution in [-0.2, 0) is 5.41 Å². The molecule has 40 heavy (non-hydrogen) atoms. The highest BCUT2D eigenvalue weighted by Crippen LogP contribution is 2.59. The molecular weight excluding hydrogens is 529 g/mol. The van der Waals surface area contributed by atoms with Gasteiger partial charge in [0.25, 0.3) is 0 Å². The van der Waals surface area contributed by atoms with Crippen LogP contribution in [0.3, 0.4) is 0 Å². The highest BCUT2D eigenvalue weighted by atomic mass is 28.3. The Morgan fingerprint density at radius 2 is 1.05 bits per heavy atom. The van der Waals surface area contributed by atoms with Gasteiger partial charge in [0.1, 0.15) is 0 Å². The van der Waals surface area contributed by atoms with Crippen molar-refractivity contribution in [2.75, 3.05) is 0 Å². The highest BCUT2D eigenvalue weighted by molar-refractivity contribution is 6.88. The smallest absolute Gasteiger partial charge is 0.0656 e. The second-order valence-electron chi connectivity index (χ2n) is 12.7. The molecule has 0 aromatic heterocycles.